The smallest absolute Gasteiger partial charge is 0.0619 e. The molecule has 0 aliphatic heterocycles. The minimum atomic E-state index is 1.09. The van der Waals surface area contributed by atoms with Crippen molar-refractivity contribution in [2.45, 2.75) is 0 Å². The number of para-hydroxylation sites is 2. The van der Waals surface area contributed by atoms with Gasteiger partial charge in [0.1, 0.15) is 0 Å². The van der Waals surface area contributed by atoms with E-state index in [1.807, 2.05) is 18.5 Å². The van der Waals surface area contributed by atoms with E-state index in [-0.39, 0.29) is 0 Å². The van der Waals surface area contributed by atoms with Gasteiger partial charge in [0.15, 0.2) is 0 Å². The molecule has 0 fully saturated rings. The van der Waals surface area contributed by atoms with Crippen LogP contribution in [-0.2, 0) is 0 Å². The zero-order chi connectivity index (χ0) is 36.1. The summed E-state index contributed by atoms with van der Waals surface area (Å²) >= 11 is 0. The molecule has 0 aliphatic carbocycles. The summed E-state index contributed by atoms with van der Waals surface area (Å²) in [5.41, 5.74) is 14.9. The first-order valence-corrected chi connectivity index (χ1v) is 18.3. The Morgan fingerprint density at radius 1 is 0.426 bits per heavy atom. The highest BCUT2D eigenvalue weighted by molar-refractivity contribution is 6.06. The molecule has 3 nitrogen and oxygen atoms in total. The van der Waals surface area contributed by atoms with E-state index in [4.69, 9.17) is 0 Å². The molecule has 2 heterocycles. The molecule has 256 valence electrons. The molecule has 9 aromatic rings. The van der Waals surface area contributed by atoms with Crippen LogP contribution in [0.2, 0.25) is 0 Å². The topological polar surface area (TPSA) is 21.1 Å². The lowest BCUT2D eigenvalue weighted by Crippen LogP contribution is -2.09. The maximum absolute atomic E-state index is 4.34. The van der Waals surface area contributed by atoms with Gasteiger partial charge < -0.3 is 9.47 Å². The third-order valence-electron chi connectivity index (χ3n) is 9.85. The average Bonchev–Trinajstić information content (AvgIpc) is 3.60. The predicted molar refractivity (Wildman–Crippen MR) is 227 cm³/mol. The highest BCUT2D eigenvalue weighted by Crippen LogP contribution is 2.43. The summed E-state index contributed by atoms with van der Waals surface area (Å²) in [7, 11) is 0. The van der Waals surface area contributed by atoms with Crippen LogP contribution in [0.5, 0.6) is 0 Å². The van der Waals surface area contributed by atoms with Crippen LogP contribution in [-0.4, -0.2) is 9.55 Å². The molecule has 9 rings (SSSR count). The molecule has 2 aromatic heterocycles. The van der Waals surface area contributed by atoms with E-state index < -0.39 is 0 Å². The molecule has 0 amide bonds. The highest BCUT2D eigenvalue weighted by Gasteiger charge is 2.21. The van der Waals surface area contributed by atoms with E-state index in [1.165, 1.54) is 33.3 Å². The molecule has 0 N–H and O–H groups in total. The number of benzene rings is 7. The number of rotatable bonds is 9. The van der Waals surface area contributed by atoms with Crippen LogP contribution in [0.1, 0.15) is 11.1 Å². The highest BCUT2D eigenvalue weighted by atomic mass is 15.1. The van der Waals surface area contributed by atoms with Crippen LogP contribution in [0.15, 0.2) is 213 Å². The normalized spacial score (nSPS) is 11.3. The lowest BCUT2D eigenvalue weighted by atomic mass is 9.97. The molecular formula is C51H37N3. The van der Waals surface area contributed by atoms with Crippen molar-refractivity contribution in [3.63, 3.8) is 0 Å². The second kappa shape index (κ2) is 14.8. The molecule has 0 unspecified atom stereocenters. The first-order valence-electron chi connectivity index (χ1n) is 18.3. The van der Waals surface area contributed by atoms with Gasteiger partial charge in [0.2, 0.25) is 0 Å². The van der Waals surface area contributed by atoms with Gasteiger partial charge in [0.25, 0.3) is 0 Å². The SMILES string of the molecule is C(=C\c1ccc2c(c1)c(-c1ccccc1)c(-c1ccccc1)n2-c1ccccc1)/c1ccc(N(c2ccccc2)c2cccc(-c3cccnc3)c2)cc1. The van der Waals surface area contributed by atoms with E-state index in [2.05, 4.69) is 221 Å². The predicted octanol–water partition coefficient (Wildman–Crippen LogP) is 13.7. The van der Waals surface area contributed by atoms with Crippen LogP contribution in [0.4, 0.5) is 17.1 Å². The molecule has 7 aromatic carbocycles. The maximum Gasteiger partial charge on any atom is 0.0619 e. The zero-order valence-corrected chi connectivity index (χ0v) is 29.7. The summed E-state index contributed by atoms with van der Waals surface area (Å²) in [5.74, 6) is 0. The van der Waals surface area contributed by atoms with Crippen molar-refractivity contribution >= 4 is 40.1 Å². The summed E-state index contributed by atoms with van der Waals surface area (Å²) in [6.45, 7) is 0. The fraction of sp³-hybridized carbons (Fsp3) is 0. The van der Waals surface area contributed by atoms with Crippen molar-refractivity contribution in [1.29, 1.82) is 0 Å². The Hall–Kier alpha value is -7.23. The summed E-state index contributed by atoms with van der Waals surface area (Å²) in [5, 5.41) is 1.22. The van der Waals surface area contributed by atoms with E-state index in [9.17, 15) is 0 Å². The van der Waals surface area contributed by atoms with Gasteiger partial charge >= 0.3 is 0 Å². The average molecular weight is 692 g/mol. The quantitative estimate of drug-likeness (QED) is 0.141. The van der Waals surface area contributed by atoms with E-state index in [0.717, 1.165) is 45.0 Å². The number of hydrogen-bond donors (Lipinski definition) is 0. The summed E-state index contributed by atoms with van der Waals surface area (Å²) < 4.78 is 2.41. The molecule has 0 saturated carbocycles. The Morgan fingerprint density at radius 2 is 1.00 bits per heavy atom. The van der Waals surface area contributed by atoms with Gasteiger partial charge in [-0.3, -0.25) is 4.98 Å². The number of hydrogen-bond acceptors (Lipinski definition) is 2. The Labute approximate surface area is 316 Å². The lowest BCUT2D eigenvalue weighted by Gasteiger charge is -2.26. The molecule has 0 radical (unpaired) electrons. The van der Waals surface area contributed by atoms with E-state index >= 15 is 0 Å². The van der Waals surface area contributed by atoms with E-state index in [1.54, 1.807) is 0 Å². The van der Waals surface area contributed by atoms with Crippen LogP contribution in [0, 0.1) is 0 Å². The largest absolute Gasteiger partial charge is 0.310 e. The molecule has 0 atom stereocenters. The van der Waals surface area contributed by atoms with Crippen LogP contribution in [0.25, 0.3) is 62.3 Å². The molecule has 0 spiro atoms. The summed E-state index contributed by atoms with van der Waals surface area (Å²) in [6.07, 6.45) is 8.14. The fourth-order valence-electron chi connectivity index (χ4n) is 7.33. The molecule has 0 aliphatic rings. The number of nitrogens with zero attached hydrogens (tertiary/aromatic N) is 3. The first-order chi connectivity index (χ1) is 26.8. The summed E-state index contributed by atoms with van der Waals surface area (Å²) in [6, 6.07) is 71.0. The van der Waals surface area contributed by atoms with Gasteiger partial charge in [-0.25, -0.2) is 0 Å². The Bertz CT molecular complexity index is 2670. The molecular weight excluding hydrogens is 655 g/mol. The first kappa shape index (κ1) is 32.7. The molecule has 3 heteroatoms. The second-order valence-corrected chi connectivity index (χ2v) is 13.3. The maximum atomic E-state index is 4.34. The van der Waals surface area contributed by atoms with Gasteiger partial charge in [0.05, 0.1) is 11.2 Å². The van der Waals surface area contributed by atoms with Crippen molar-refractivity contribution in [1.82, 2.24) is 9.55 Å². The van der Waals surface area contributed by atoms with Crippen LogP contribution >= 0.6 is 0 Å². The minimum absolute atomic E-state index is 1.09. The van der Waals surface area contributed by atoms with Gasteiger partial charge in [0, 0.05) is 51.7 Å². The van der Waals surface area contributed by atoms with Gasteiger partial charge in [-0.05, 0) is 94.5 Å². The van der Waals surface area contributed by atoms with Crippen molar-refractivity contribution in [2.24, 2.45) is 0 Å². The summed E-state index contributed by atoms with van der Waals surface area (Å²) in [4.78, 5) is 6.64. The monoisotopic (exact) mass is 691 g/mol. The van der Waals surface area contributed by atoms with Crippen LogP contribution < -0.4 is 4.90 Å². The second-order valence-electron chi connectivity index (χ2n) is 13.3. The van der Waals surface area contributed by atoms with Crippen molar-refractivity contribution in [3.05, 3.63) is 224 Å². The third kappa shape index (κ3) is 6.51. The number of fused-ring (bicyclic) bond motifs is 1. The minimum Gasteiger partial charge on any atom is -0.310 e. The van der Waals surface area contributed by atoms with E-state index in [0.29, 0.717) is 0 Å². The van der Waals surface area contributed by atoms with Crippen molar-refractivity contribution in [2.75, 3.05) is 4.90 Å². The fourth-order valence-corrected chi connectivity index (χ4v) is 7.33. The standard InChI is InChI=1S/C51H37N3/c1-5-15-40(16-6-1)50-48-35-39(30-33-49(48)54(45-23-11-4-12-24-45)51(50)41-17-7-2-8-18-41)27-26-38-28-31-46(32-29-38)53(44-21-9-3-10-22-44)47-25-13-19-42(36-47)43-20-14-34-52-37-43/h1-37H/b27-26+. The third-order valence-corrected chi connectivity index (χ3v) is 9.85. The number of anilines is 3. The molecule has 54 heavy (non-hydrogen) atoms. The number of pyridine rings is 1. The van der Waals surface area contributed by atoms with Gasteiger partial charge in [-0.1, -0.05) is 146 Å². The Balaban J connectivity index is 1.10. The Kier molecular flexibility index (Phi) is 8.94. The number of aromatic nitrogens is 2. The Morgan fingerprint density at radius 3 is 1.70 bits per heavy atom. The van der Waals surface area contributed by atoms with Gasteiger partial charge in [-0.15, -0.1) is 0 Å². The van der Waals surface area contributed by atoms with Gasteiger partial charge in [-0.2, -0.15) is 0 Å². The molecule has 0 saturated heterocycles. The molecule has 0 bridgehead atoms. The zero-order valence-electron chi connectivity index (χ0n) is 29.7. The van der Waals surface area contributed by atoms with Crippen LogP contribution in [0.3, 0.4) is 0 Å². The lowest BCUT2D eigenvalue weighted by molar-refractivity contribution is 1.13. The van der Waals surface area contributed by atoms with Crippen molar-refractivity contribution in [3.8, 4) is 39.2 Å². The van der Waals surface area contributed by atoms with Crippen molar-refractivity contribution < 1.29 is 0 Å².